The van der Waals surface area contributed by atoms with Gasteiger partial charge in [-0.3, -0.25) is 10.1 Å². The summed E-state index contributed by atoms with van der Waals surface area (Å²) in [5.74, 6) is -0.923. The van der Waals surface area contributed by atoms with E-state index >= 15 is 0 Å². The molecule has 1 N–H and O–H groups in total. The van der Waals surface area contributed by atoms with Crippen LogP contribution in [0.4, 0.5) is 11.4 Å². The van der Waals surface area contributed by atoms with Crippen LogP contribution in [0.25, 0.3) is 0 Å². The van der Waals surface area contributed by atoms with Gasteiger partial charge in [0.1, 0.15) is 11.3 Å². The molecule has 1 aliphatic rings. The predicted octanol–water partition coefficient (Wildman–Crippen LogP) is 1.68. The SMILES string of the molecule is CC1CN(c2cccc(C(=O)O)c2[N+](=O)[O-])CC1N(C)C. The zero-order valence-electron chi connectivity index (χ0n) is 12.3. The minimum atomic E-state index is -1.28. The van der Waals surface area contributed by atoms with Crippen molar-refractivity contribution >= 4 is 17.3 Å². The molecule has 1 fully saturated rings. The lowest BCUT2D eigenvalue weighted by Crippen LogP contribution is -2.34. The lowest BCUT2D eigenvalue weighted by Gasteiger charge is -2.23. The Morgan fingerprint density at radius 1 is 1.43 bits per heavy atom. The van der Waals surface area contributed by atoms with Crippen molar-refractivity contribution in [1.29, 1.82) is 0 Å². The number of para-hydroxylation sites is 1. The summed E-state index contributed by atoms with van der Waals surface area (Å²) in [5.41, 5.74) is -0.203. The Hall–Kier alpha value is -2.15. The number of hydrogen-bond acceptors (Lipinski definition) is 5. The van der Waals surface area contributed by atoms with Crippen LogP contribution in [0.5, 0.6) is 0 Å². The van der Waals surface area contributed by atoms with Gasteiger partial charge in [0.15, 0.2) is 0 Å². The summed E-state index contributed by atoms with van der Waals surface area (Å²) >= 11 is 0. The van der Waals surface area contributed by atoms with E-state index in [9.17, 15) is 14.9 Å². The molecule has 2 unspecified atom stereocenters. The van der Waals surface area contributed by atoms with Crippen molar-refractivity contribution < 1.29 is 14.8 Å². The van der Waals surface area contributed by atoms with Crippen LogP contribution in [0.3, 0.4) is 0 Å². The molecule has 1 aromatic rings. The van der Waals surface area contributed by atoms with Crippen LogP contribution < -0.4 is 4.90 Å². The summed E-state index contributed by atoms with van der Waals surface area (Å²) in [6.45, 7) is 3.42. The fraction of sp³-hybridized carbons (Fsp3) is 0.500. The summed E-state index contributed by atoms with van der Waals surface area (Å²) in [6.07, 6.45) is 0. The standard InChI is InChI=1S/C14H19N3O4/c1-9-7-16(8-12(9)15(2)3)11-6-4-5-10(14(18)19)13(11)17(20)21/h4-6,9,12H,7-8H2,1-3H3,(H,18,19). The predicted molar refractivity (Wildman–Crippen MR) is 78.9 cm³/mol. The Bertz CT molecular complexity index is 573. The minimum absolute atomic E-state index is 0.265. The molecule has 0 aromatic heterocycles. The third-order valence-electron chi connectivity index (χ3n) is 4.00. The van der Waals surface area contributed by atoms with E-state index in [0.29, 0.717) is 24.7 Å². The first-order chi connectivity index (χ1) is 9.82. The van der Waals surface area contributed by atoms with E-state index in [2.05, 4.69) is 11.8 Å². The van der Waals surface area contributed by atoms with Gasteiger partial charge in [0.05, 0.1) is 4.92 Å². The van der Waals surface area contributed by atoms with Crippen LogP contribution >= 0.6 is 0 Å². The highest BCUT2D eigenvalue weighted by Gasteiger charge is 2.35. The van der Waals surface area contributed by atoms with Crippen LogP contribution in [-0.2, 0) is 0 Å². The topological polar surface area (TPSA) is 86.9 Å². The van der Waals surface area contributed by atoms with Gasteiger partial charge in [-0.2, -0.15) is 0 Å². The van der Waals surface area contributed by atoms with Gasteiger partial charge in [0, 0.05) is 19.1 Å². The van der Waals surface area contributed by atoms with E-state index in [1.165, 1.54) is 6.07 Å². The number of likely N-dealkylation sites (N-methyl/N-ethyl adjacent to an activating group) is 1. The van der Waals surface area contributed by atoms with E-state index in [0.717, 1.165) is 0 Å². The van der Waals surface area contributed by atoms with Crippen molar-refractivity contribution in [3.63, 3.8) is 0 Å². The van der Waals surface area contributed by atoms with Crippen LogP contribution in [0.1, 0.15) is 17.3 Å². The number of nitro groups is 1. The normalized spacial score (nSPS) is 21.8. The maximum absolute atomic E-state index is 11.3. The van der Waals surface area contributed by atoms with Crippen molar-refractivity contribution in [3.8, 4) is 0 Å². The van der Waals surface area contributed by atoms with E-state index < -0.39 is 10.9 Å². The highest BCUT2D eigenvalue weighted by Crippen LogP contribution is 2.35. The number of nitro benzene ring substituents is 1. The van der Waals surface area contributed by atoms with Crippen molar-refractivity contribution in [2.75, 3.05) is 32.1 Å². The molecule has 0 amide bonds. The molecular formula is C14H19N3O4. The number of anilines is 1. The van der Waals surface area contributed by atoms with Crippen molar-refractivity contribution in [1.82, 2.24) is 4.90 Å². The summed E-state index contributed by atoms with van der Waals surface area (Å²) < 4.78 is 0. The average Bonchev–Trinajstić information content (AvgIpc) is 2.79. The molecule has 0 spiro atoms. The molecule has 1 aliphatic heterocycles. The summed E-state index contributed by atoms with van der Waals surface area (Å²) in [5, 5.41) is 20.4. The van der Waals surface area contributed by atoms with Crippen molar-refractivity contribution in [2.24, 2.45) is 5.92 Å². The van der Waals surface area contributed by atoms with Crippen LogP contribution in [0.15, 0.2) is 18.2 Å². The molecule has 0 bridgehead atoms. The average molecular weight is 293 g/mol. The van der Waals surface area contributed by atoms with E-state index in [-0.39, 0.29) is 17.3 Å². The first-order valence-corrected chi connectivity index (χ1v) is 6.75. The Morgan fingerprint density at radius 3 is 2.57 bits per heavy atom. The van der Waals surface area contributed by atoms with Crippen molar-refractivity contribution in [3.05, 3.63) is 33.9 Å². The quantitative estimate of drug-likeness (QED) is 0.671. The summed E-state index contributed by atoms with van der Waals surface area (Å²) in [4.78, 5) is 25.9. The molecule has 0 aliphatic carbocycles. The third kappa shape index (κ3) is 2.82. The maximum atomic E-state index is 11.3. The summed E-state index contributed by atoms with van der Waals surface area (Å²) in [6, 6.07) is 4.74. The van der Waals surface area contributed by atoms with Crippen molar-refractivity contribution in [2.45, 2.75) is 13.0 Å². The van der Waals surface area contributed by atoms with Gasteiger partial charge in [-0.25, -0.2) is 4.79 Å². The molecule has 114 valence electrons. The lowest BCUT2D eigenvalue weighted by atomic mass is 10.1. The second-order valence-corrected chi connectivity index (χ2v) is 5.65. The minimum Gasteiger partial charge on any atom is -0.477 e. The molecule has 7 heteroatoms. The molecule has 1 aromatic carbocycles. The first kappa shape index (κ1) is 15.2. The zero-order chi connectivity index (χ0) is 15.7. The Morgan fingerprint density at radius 2 is 2.10 bits per heavy atom. The molecular weight excluding hydrogens is 274 g/mol. The van der Waals surface area contributed by atoms with Crippen LogP contribution in [0, 0.1) is 16.0 Å². The van der Waals surface area contributed by atoms with E-state index in [1.807, 2.05) is 19.0 Å². The van der Waals surface area contributed by atoms with Gasteiger partial charge in [0.2, 0.25) is 0 Å². The van der Waals surface area contributed by atoms with E-state index in [1.54, 1.807) is 12.1 Å². The number of carboxylic acids is 1. The molecule has 2 atom stereocenters. The lowest BCUT2D eigenvalue weighted by molar-refractivity contribution is -0.384. The van der Waals surface area contributed by atoms with Gasteiger partial charge in [-0.05, 0) is 32.1 Å². The second kappa shape index (κ2) is 5.69. The number of nitrogens with zero attached hydrogens (tertiary/aromatic N) is 3. The van der Waals surface area contributed by atoms with E-state index in [4.69, 9.17) is 5.11 Å². The largest absolute Gasteiger partial charge is 0.477 e. The molecule has 2 rings (SSSR count). The smallest absolute Gasteiger partial charge is 0.342 e. The molecule has 0 radical (unpaired) electrons. The van der Waals surface area contributed by atoms with Crippen LogP contribution in [0.2, 0.25) is 0 Å². The zero-order valence-corrected chi connectivity index (χ0v) is 12.3. The number of aromatic carboxylic acids is 1. The van der Waals surface area contributed by atoms with Gasteiger partial charge >= 0.3 is 11.7 Å². The van der Waals surface area contributed by atoms with Gasteiger partial charge in [-0.1, -0.05) is 13.0 Å². The molecule has 0 saturated carbocycles. The van der Waals surface area contributed by atoms with Gasteiger partial charge < -0.3 is 14.9 Å². The number of benzene rings is 1. The fourth-order valence-electron chi connectivity index (χ4n) is 2.97. The second-order valence-electron chi connectivity index (χ2n) is 5.65. The Balaban J connectivity index is 2.43. The molecule has 1 saturated heterocycles. The Kier molecular flexibility index (Phi) is 4.13. The molecule has 21 heavy (non-hydrogen) atoms. The highest BCUT2D eigenvalue weighted by molar-refractivity contribution is 5.95. The molecule has 1 heterocycles. The third-order valence-corrected chi connectivity index (χ3v) is 4.00. The number of hydrogen-bond donors (Lipinski definition) is 1. The number of carbonyl (C=O) groups is 1. The monoisotopic (exact) mass is 293 g/mol. The first-order valence-electron chi connectivity index (χ1n) is 6.75. The van der Waals surface area contributed by atoms with Crippen LogP contribution in [-0.4, -0.2) is 54.1 Å². The fourth-order valence-corrected chi connectivity index (χ4v) is 2.97. The number of rotatable bonds is 4. The molecule has 7 nitrogen and oxygen atoms in total. The highest BCUT2D eigenvalue weighted by atomic mass is 16.6. The Labute approximate surface area is 122 Å². The van der Waals surface area contributed by atoms with Gasteiger partial charge in [-0.15, -0.1) is 0 Å². The van der Waals surface area contributed by atoms with Gasteiger partial charge in [0.25, 0.3) is 0 Å². The maximum Gasteiger partial charge on any atom is 0.342 e. The summed E-state index contributed by atoms with van der Waals surface area (Å²) in [7, 11) is 3.96. The number of carboxylic acid groups (broad SMARTS) is 1.